The molecule has 0 aromatic heterocycles. The highest BCUT2D eigenvalue weighted by Gasteiger charge is 2.58. The molecule has 1 aliphatic carbocycles. The van der Waals surface area contributed by atoms with E-state index in [0.29, 0.717) is 12.8 Å². The molecule has 70 valence electrons. The lowest BCUT2D eigenvalue weighted by Crippen LogP contribution is -2.37. The molecule has 4 heteroatoms. The first-order valence-corrected chi connectivity index (χ1v) is 4.52. The van der Waals surface area contributed by atoms with Gasteiger partial charge in [0.25, 0.3) is 0 Å². The minimum Gasteiger partial charge on any atom is -0.298 e. The topological polar surface area (TPSA) is 54.5 Å². The largest absolute Gasteiger partial charge is 0.298 e. The number of nitrogens with zero attached hydrogens (tertiary/aromatic N) is 1. The van der Waals surface area contributed by atoms with E-state index in [1.807, 2.05) is 0 Å². The Bertz CT molecular complexity index is 277. The minimum absolute atomic E-state index is 0.0127. The fourth-order valence-corrected chi connectivity index (χ4v) is 1.69. The molecule has 2 atom stereocenters. The number of hydrogen-bond acceptors (Lipinski definition) is 3. The molecule has 13 heavy (non-hydrogen) atoms. The first kappa shape index (κ1) is 8.41. The van der Waals surface area contributed by atoms with E-state index < -0.39 is 0 Å². The summed E-state index contributed by atoms with van der Waals surface area (Å²) in [5, 5.41) is 0. The summed E-state index contributed by atoms with van der Waals surface area (Å²) < 4.78 is 0. The van der Waals surface area contributed by atoms with Gasteiger partial charge in [0, 0.05) is 6.42 Å². The number of rotatable bonds is 3. The first-order chi connectivity index (χ1) is 6.15. The van der Waals surface area contributed by atoms with Crippen LogP contribution in [0.5, 0.6) is 0 Å². The Labute approximate surface area is 75.9 Å². The van der Waals surface area contributed by atoms with Gasteiger partial charge in [-0.3, -0.25) is 19.3 Å². The van der Waals surface area contributed by atoms with Gasteiger partial charge in [0.15, 0.2) is 5.78 Å². The standard InChI is InChI=1S/C9H11NO3/c1-2-5(11)4-10-8(12)6-3-7(6)9(10)13/h6-7H,2-4H2,1H3. The maximum atomic E-state index is 11.4. The molecule has 1 saturated heterocycles. The molecule has 0 aromatic rings. The fourth-order valence-electron chi connectivity index (χ4n) is 1.69. The summed E-state index contributed by atoms with van der Waals surface area (Å²) in [7, 11) is 0. The summed E-state index contributed by atoms with van der Waals surface area (Å²) in [4.78, 5) is 34.9. The van der Waals surface area contributed by atoms with E-state index in [4.69, 9.17) is 0 Å². The Balaban J connectivity index is 2.04. The summed E-state index contributed by atoms with van der Waals surface area (Å²) in [6.45, 7) is 1.72. The number of piperidine rings is 1. The summed E-state index contributed by atoms with van der Waals surface area (Å²) in [6.07, 6.45) is 1.08. The molecular formula is C9H11NO3. The van der Waals surface area contributed by atoms with Crippen molar-refractivity contribution in [2.24, 2.45) is 11.8 Å². The van der Waals surface area contributed by atoms with E-state index in [1.165, 1.54) is 0 Å². The molecule has 2 rings (SSSR count). The molecular weight excluding hydrogens is 170 g/mol. The third-order valence-corrected chi connectivity index (χ3v) is 2.69. The quantitative estimate of drug-likeness (QED) is 0.574. The number of carbonyl (C=O) groups is 3. The van der Waals surface area contributed by atoms with Crippen LogP contribution >= 0.6 is 0 Å². The van der Waals surface area contributed by atoms with Crippen LogP contribution in [0.25, 0.3) is 0 Å². The zero-order chi connectivity index (χ0) is 9.59. The van der Waals surface area contributed by atoms with E-state index in [-0.39, 0.29) is 36.0 Å². The number of amides is 2. The van der Waals surface area contributed by atoms with Crippen LogP contribution in [0.3, 0.4) is 0 Å². The van der Waals surface area contributed by atoms with Gasteiger partial charge >= 0.3 is 0 Å². The average Bonchev–Trinajstić information content (AvgIpc) is 2.86. The molecule has 4 nitrogen and oxygen atoms in total. The molecule has 2 aliphatic rings. The van der Waals surface area contributed by atoms with Crippen LogP contribution < -0.4 is 0 Å². The molecule has 1 aliphatic heterocycles. The van der Waals surface area contributed by atoms with Crippen molar-refractivity contribution in [2.75, 3.05) is 6.54 Å². The van der Waals surface area contributed by atoms with Gasteiger partial charge in [-0.25, -0.2) is 0 Å². The Morgan fingerprint density at radius 1 is 1.38 bits per heavy atom. The van der Waals surface area contributed by atoms with Crippen molar-refractivity contribution in [2.45, 2.75) is 19.8 Å². The Hall–Kier alpha value is -1.19. The first-order valence-electron chi connectivity index (χ1n) is 4.52. The second-order valence-electron chi connectivity index (χ2n) is 3.60. The van der Waals surface area contributed by atoms with Crippen molar-refractivity contribution >= 4 is 17.6 Å². The van der Waals surface area contributed by atoms with Crippen molar-refractivity contribution < 1.29 is 14.4 Å². The average molecular weight is 181 g/mol. The Morgan fingerprint density at radius 2 is 1.92 bits per heavy atom. The van der Waals surface area contributed by atoms with Crippen LogP contribution in [0.4, 0.5) is 0 Å². The van der Waals surface area contributed by atoms with Crippen LogP contribution in [0, 0.1) is 11.8 Å². The molecule has 2 unspecified atom stereocenters. The van der Waals surface area contributed by atoms with E-state index >= 15 is 0 Å². The summed E-state index contributed by atoms with van der Waals surface area (Å²) >= 11 is 0. The van der Waals surface area contributed by atoms with Crippen molar-refractivity contribution in [3.8, 4) is 0 Å². The minimum atomic E-state index is -0.142. The zero-order valence-corrected chi connectivity index (χ0v) is 7.45. The SMILES string of the molecule is CCC(=O)CN1C(=O)C2CC2C1=O. The number of fused-ring (bicyclic) bond motifs is 1. The molecule has 1 saturated carbocycles. The van der Waals surface area contributed by atoms with Gasteiger partial charge in [-0.2, -0.15) is 0 Å². The van der Waals surface area contributed by atoms with E-state index in [2.05, 4.69) is 0 Å². The van der Waals surface area contributed by atoms with Crippen LogP contribution in [0.1, 0.15) is 19.8 Å². The Kier molecular flexibility index (Phi) is 1.71. The highest BCUT2D eigenvalue weighted by molar-refractivity contribution is 6.10. The van der Waals surface area contributed by atoms with Crippen molar-refractivity contribution in [1.82, 2.24) is 4.90 Å². The highest BCUT2D eigenvalue weighted by atomic mass is 16.2. The van der Waals surface area contributed by atoms with Gasteiger partial charge in [-0.15, -0.1) is 0 Å². The van der Waals surface area contributed by atoms with Crippen molar-refractivity contribution in [3.05, 3.63) is 0 Å². The maximum Gasteiger partial charge on any atom is 0.233 e. The van der Waals surface area contributed by atoms with Crippen LogP contribution in [0.2, 0.25) is 0 Å². The summed E-state index contributed by atoms with van der Waals surface area (Å²) in [5.41, 5.74) is 0. The molecule has 2 amide bonds. The third kappa shape index (κ3) is 1.17. The second-order valence-corrected chi connectivity index (χ2v) is 3.60. The van der Waals surface area contributed by atoms with E-state index in [0.717, 1.165) is 4.90 Å². The van der Waals surface area contributed by atoms with E-state index in [1.54, 1.807) is 6.92 Å². The number of Topliss-reactive ketones (excluding diaryl/α,β-unsaturated/α-hetero) is 1. The zero-order valence-electron chi connectivity index (χ0n) is 7.45. The Morgan fingerprint density at radius 3 is 2.38 bits per heavy atom. The molecule has 0 N–H and O–H groups in total. The molecule has 0 aromatic carbocycles. The van der Waals surface area contributed by atoms with E-state index in [9.17, 15) is 14.4 Å². The molecule has 0 spiro atoms. The van der Waals surface area contributed by atoms with Gasteiger partial charge in [-0.1, -0.05) is 6.92 Å². The lowest BCUT2D eigenvalue weighted by molar-refractivity contribution is -0.144. The molecule has 0 radical (unpaired) electrons. The van der Waals surface area contributed by atoms with Gasteiger partial charge in [0.05, 0.1) is 18.4 Å². The lowest BCUT2D eigenvalue weighted by atomic mass is 10.3. The number of imide groups is 1. The van der Waals surface area contributed by atoms with Gasteiger partial charge in [0.2, 0.25) is 11.8 Å². The molecule has 1 heterocycles. The smallest absolute Gasteiger partial charge is 0.233 e. The number of hydrogen-bond donors (Lipinski definition) is 0. The third-order valence-electron chi connectivity index (χ3n) is 2.69. The normalized spacial score (nSPS) is 30.7. The van der Waals surface area contributed by atoms with Crippen LogP contribution in [-0.2, 0) is 14.4 Å². The van der Waals surface area contributed by atoms with Gasteiger partial charge < -0.3 is 0 Å². The van der Waals surface area contributed by atoms with Crippen LogP contribution in [0.15, 0.2) is 0 Å². The highest BCUT2D eigenvalue weighted by Crippen LogP contribution is 2.46. The molecule has 2 fully saturated rings. The number of carbonyl (C=O) groups excluding carboxylic acids is 3. The predicted octanol–water partition coefficient (Wildman–Crippen LogP) is -0.0296. The summed E-state index contributed by atoms with van der Waals surface area (Å²) in [6, 6.07) is 0. The maximum absolute atomic E-state index is 11.4. The van der Waals surface area contributed by atoms with Crippen molar-refractivity contribution in [3.63, 3.8) is 0 Å². The molecule has 0 bridgehead atoms. The second kappa shape index (κ2) is 2.65. The van der Waals surface area contributed by atoms with Crippen LogP contribution in [-0.4, -0.2) is 29.0 Å². The van der Waals surface area contributed by atoms with Crippen molar-refractivity contribution in [1.29, 1.82) is 0 Å². The van der Waals surface area contributed by atoms with Gasteiger partial charge in [0.1, 0.15) is 0 Å². The lowest BCUT2D eigenvalue weighted by Gasteiger charge is -2.14. The number of ketones is 1. The monoisotopic (exact) mass is 181 g/mol. The summed E-state index contributed by atoms with van der Waals surface area (Å²) in [5.74, 6) is -0.508. The van der Waals surface area contributed by atoms with Gasteiger partial charge in [-0.05, 0) is 6.42 Å². The number of likely N-dealkylation sites (tertiary alicyclic amines) is 1. The fraction of sp³-hybridized carbons (Fsp3) is 0.667. The predicted molar refractivity (Wildman–Crippen MR) is 43.6 cm³/mol.